The summed E-state index contributed by atoms with van der Waals surface area (Å²) < 4.78 is 39.3. The maximum atomic E-state index is 13.1. The molecule has 8 heteroatoms. The Morgan fingerprint density at radius 1 is 1.30 bits per heavy atom. The third kappa shape index (κ3) is 3.24. The lowest BCUT2D eigenvalue weighted by Gasteiger charge is -2.09. The Morgan fingerprint density at radius 3 is 2.65 bits per heavy atom. The van der Waals surface area contributed by atoms with E-state index in [1.165, 1.54) is 24.4 Å². The molecule has 2 rings (SSSR count). The molecular formula is C12H10ClFN2O3S. The Morgan fingerprint density at radius 2 is 2.05 bits per heavy atom. The van der Waals surface area contributed by atoms with Crippen LogP contribution >= 0.6 is 11.6 Å². The molecule has 1 aromatic heterocycles. The molecular weight excluding hydrogens is 307 g/mol. The van der Waals surface area contributed by atoms with Crippen molar-refractivity contribution in [2.45, 2.75) is 11.6 Å². The largest absolute Gasteiger partial charge is 0.392 e. The van der Waals surface area contributed by atoms with Crippen LogP contribution in [0.3, 0.4) is 0 Å². The van der Waals surface area contributed by atoms with Gasteiger partial charge in [0.2, 0.25) is 0 Å². The number of rotatable bonds is 4. The van der Waals surface area contributed by atoms with Crippen LogP contribution in [0.15, 0.2) is 41.6 Å². The molecule has 0 amide bonds. The van der Waals surface area contributed by atoms with Crippen molar-refractivity contribution < 1.29 is 17.9 Å². The number of hydrogen-bond acceptors (Lipinski definition) is 4. The molecule has 0 saturated heterocycles. The average molecular weight is 317 g/mol. The van der Waals surface area contributed by atoms with Gasteiger partial charge >= 0.3 is 0 Å². The summed E-state index contributed by atoms with van der Waals surface area (Å²) in [5, 5.41) is 8.69. The normalized spacial score (nSPS) is 11.3. The van der Waals surface area contributed by atoms with Crippen LogP contribution in [-0.4, -0.2) is 18.5 Å². The van der Waals surface area contributed by atoms with Crippen LogP contribution in [0.25, 0.3) is 0 Å². The number of sulfonamides is 1. The molecule has 0 aliphatic heterocycles. The van der Waals surface area contributed by atoms with Crippen LogP contribution in [0, 0.1) is 5.82 Å². The third-order valence-corrected chi connectivity index (χ3v) is 4.04. The molecule has 5 nitrogen and oxygen atoms in total. The summed E-state index contributed by atoms with van der Waals surface area (Å²) >= 11 is 5.79. The van der Waals surface area contributed by atoms with Crippen molar-refractivity contribution >= 4 is 27.3 Å². The van der Waals surface area contributed by atoms with Crippen molar-refractivity contribution in [1.82, 2.24) is 4.98 Å². The second-order valence-electron chi connectivity index (χ2n) is 3.89. The summed E-state index contributed by atoms with van der Waals surface area (Å²) in [6, 6.07) is 6.00. The van der Waals surface area contributed by atoms with Crippen LogP contribution in [0.4, 0.5) is 10.1 Å². The number of hydrogen-bond donors (Lipinski definition) is 2. The summed E-state index contributed by atoms with van der Waals surface area (Å²) in [6.45, 7) is -0.240. The van der Waals surface area contributed by atoms with Gasteiger partial charge in [-0.3, -0.25) is 4.72 Å². The molecule has 0 radical (unpaired) electrons. The van der Waals surface area contributed by atoms with Gasteiger partial charge in [0.25, 0.3) is 10.0 Å². The molecule has 0 fully saturated rings. The molecule has 0 saturated carbocycles. The second-order valence-corrected chi connectivity index (χ2v) is 5.93. The van der Waals surface area contributed by atoms with E-state index in [-0.39, 0.29) is 22.3 Å². The lowest BCUT2D eigenvalue weighted by molar-refractivity contribution is 0.281. The van der Waals surface area contributed by atoms with Gasteiger partial charge in [-0.15, -0.1) is 0 Å². The van der Waals surface area contributed by atoms with Crippen LogP contribution < -0.4 is 4.72 Å². The van der Waals surface area contributed by atoms with Crippen molar-refractivity contribution in [3.8, 4) is 0 Å². The quantitative estimate of drug-likeness (QED) is 0.906. The zero-order chi connectivity index (χ0) is 14.8. The van der Waals surface area contributed by atoms with Gasteiger partial charge in [-0.1, -0.05) is 17.7 Å². The maximum absolute atomic E-state index is 13.1. The monoisotopic (exact) mass is 316 g/mol. The van der Waals surface area contributed by atoms with Crippen molar-refractivity contribution in [3.05, 3.63) is 52.9 Å². The van der Waals surface area contributed by atoms with E-state index < -0.39 is 15.8 Å². The van der Waals surface area contributed by atoms with Crippen molar-refractivity contribution in [2.24, 2.45) is 0 Å². The molecule has 0 atom stereocenters. The second kappa shape index (κ2) is 5.74. The van der Waals surface area contributed by atoms with Crippen LogP contribution in [0.1, 0.15) is 5.56 Å². The molecule has 1 heterocycles. The molecule has 0 bridgehead atoms. The minimum absolute atomic E-state index is 0.0697. The maximum Gasteiger partial charge on any atom is 0.279 e. The number of aliphatic hydroxyl groups excluding tert-OH is 1. The van der Waals surface area contributed by atoms with E-state index in [1.807, 2.05) is 0 Å². The van der Waals surface area contributed by atoms with Crippen LogP contribution in [0.5, 0.6) is 0 Å². The standard InChI is InChI=1S/C12H10ClFN2O3S/c13-10-3-2-9(14)5-11(10)16-20(18,19)12-4-1-8(7-17)6-15-12/h1-6,16-17H,7H2. The van der Waals surface area contributed by atoms with E-state index in [9.17, 15) is 12.8 Å². The number of halogens is 2. The van der Waals surface area contributed by atoms with Gasteiger partial charge < -0.3 is 5.11 Å². The molecule has 106 valence electrons. The number of aliphatic hydroxyl groups is 1. The van der Waals surface area contributed by atoms with Gasteiger partial charge in [0.05, 0.1) is 17.3 Å². The Kier molecular flexibility index (Phi) is 4.22. The van der Waals surface area contributed by atoms with Crippen molar-refractivity contribution in [1.29, 1.82) is 0 Å². The highest BCUT2D eigenvalue weighted by atomic mass is 35.5. The molecule has 0 spiro atoms. The summed E-state index contributed by atoms with van der Waals surface area (Å²) in [5.74, 6) is -0.615. The van der Waals surface area contributed by atoms with Crippen molar-refractivity contribution in [2.75, 3.05) is 4.72 Å². The third-order valence-electron chi connectivity index (χ3n) is 2.43. The van der Waals surface area contributed by atoms with E-state index in [1.54, 1.807) is 0 Å². The first-order chi connectivity index (χ1) is 9.42. The minimum Gasteiger partial charge on any atom is -0.392 e. The van der Waals surface area contributed by atoms with Gasteiger partial charge in [-0.05, 0) is 29.8 Å². The number of nitrogens with one attached hydrogen (secondary N) is 1. The molecule has 20 heavy (non-hydrogen) atoms. The van der Waals surface area contributed by atoms with Gasteiger partial charge in [-0.25, -0.2) is 9.37 Å². The fraction of sp³-hybridized carbons (Fsp3) is 0.0833. The summed E-state index contributed by atoms with van der Waals surface area (Å²) in [5.41, 5.74) is 0.410. The Labute approximate surface area is 120 Å². The highest BCUT2D eigenvalue weighted by Gasteiger charge is 2.17. The van der Waals surface area contributed by atoms with Gasteiger partial charge in [0.15, 0.2) is 5.03 Å². The van der Waals surface area contributed by atoms with Crippen LogP contribution in [0.2, 0.25) is 5.02 Å². The van der Waals surface area contributed by atoms with Crippen molar-refractivity contribution in [3.63, 3.8) is 0 Å². The van der Waals surface area contributed by atoms with Gasteiger partial charge in [-0.2, -0.15) is 8.42 Å². The van der Waals surface area contributed by atoms with E-state index >= 15 is 0 Å². The fourth-order valence-electron chi connectivity index (χ4n) is 1.44. The number of aromatic nitrogens is 1. The molecule has 0 unspecified atom stereocenters. The summed E-state index contributed by atoms with van der Waals surface area (Å²) in [6.07, 6.45) is 1.24. The zero-order valence-corrected chi connectivity index (χ0v) is 11.6. The van der Waals surface area contributed by atoms with E-state index in [0.29, 0.717) is 5.56 Å². The van der Waals surface area contributed by atoms with Crippen LogP contribution in [-0.2, 0) is 16.6 Å². The Bertz CT molecular complexity index is 720. The molecule has 2 aromatic rings. The lowest BCUT2D eigenvalue weighted by Crippen LogP contribution is -2.15. The predicted molar refractivity (Wildman–Crippen MR) is 72.4 cm³/mol. The molecule has 0 aliphatic rings. The van der Waals surface area contributed by atoms with E-state index in [0.717, 1.165) is 12.1 Å². The number of nitrogens with zero attached hydrogens (tertiary/aromatic N) is 1. The molecule has 2 N–H and O–H groups in total. The Balaban J connectivity index is 2.32. The lowest BCUT2D eigenvalue weighted by atomic mass is 10.3. The smallest absolute Gasteiger partial charge is 0.279 e. The van der Waals surface area contributed by atoms with E-state index in [2.05, 4.69) is 9.71 Å². The molecule has 0 aliphatic carbocycles. The average Bonchev–Trinajstić information content (AvgIpc) is 2.43. The predicted octanol–water partition coefficient (Wildman–Crippen LogP) is 2.17. The fourth-order valence-corrected chi connectivity index (χ4v) is 2.66. The number of pyridine rings is 1. The minimum atomic E-state index is -3.97. The zero-order valence-electron chi connectivity index (χ0n) is 10.0. The number of benzene rings is 1. The Hall–Kier alpha value is -1.70. The van der Waals surface area contributed by atoms with Gasteiger partial charge in [0.1, 0.15) is 5.82 Å². The van der Waals surface area contributed by atoms with Gasteiger partial charge in [0, 0.05) is 6.20 Å². The first-order valence-electron chi connectivity index (χ1n) is 5.46. The summed E-state index contributed by atoms with van der Waals surface area (Å²) in [7, 11) is -3.97. The number of anilines is 1. The molecule has 1 aromatic carbocycles. The highest BCUT2D eigenvalue weighted by Crippen LogP contribution is 2.24. The SMILES string of the molecule is O=S(=O)(Nc1cc(F)ccc1Cl)c1ccc(CO)cn1. The highest BCUT2D eigenvalue weighted by molar-refractivity contribution is 7.92. The summed E-state index contributed by atoms with van der Waals surface area (Å²) in [4.78, 5) is 3.72. The first kappa shape index (κ1) is 14.7. The first-order valence-corrected chi connectivity index (χ1v) is 7.32. The van der Waals surface area contributed by atoms with E-state index in [4.69, 9.17) is 16.7 Å². The topological polar surface area (TPSA) is 79.3 Å².